The van der Waals surface area contributed by atoms with Gasteiger partial charge in [0.15, 0.2) is 0 Å². The third-order valence-electron chi connectivity index (χ3n) is 3.79. The molecule has 1 unspecified atom stereocenters. The Morgan fingerprint density at radius 2 is 1.37 bits per heavy atom. The van der Waals surface area contributed by atoms with E-state index in [4.69, 9.17) is 0 Å². The summed E-state index contributed by atoms with van der Waals surface area (Å²) >= 11 is 0. The largest absolute Gasteiger partial charge is 0.0645 e. The van der Waals surface area contributed by atoms with Crippen LogP contribution >= 0.6 is 0 Å². The van der Waals surface area contributed by atoms with Crippen molar-refractivity contribution in [2.24, 2.45) is 0 Å². The van der Waals surface area contributed by atoms with Gasteiger partial charge in [-0.3, -0.25) is 0 Å². The monoisotopic (exact) mass is 246 g/mol. The van der Waals surface area contributed by atoms with Crippen molar-refractivity contribution in [3.63, 3.8) is 0 Å². The molecule has 0 nitrogen and oxygen atoms in total. The van der Waals surface area contributed by atoms with Crippen LogP contribution in [-0.4, -0.2) is 0 Å². The van der Waals surface area contributed by atoms with E-state index in [1.54, 1.807) is 0 Å². The summed E-state index contributed by atoms with van der Waals surface area (Å²) in [6.07, 6.45) is 1.13. The van der Waals surface area contributed by atoms with Crippen LogP contribution in [0.4, 0.5) is 0 Å². The first-order valence-corrected chi connectivity index (χ1v) is 6.92. The number of hydrogen-bond donors (Lipinski definition) is 0. The van der Waals surface area contributed by atoms with Crippen LogP contribution in [0.3, 0.4) is 0 Å². The van der Waals surface area contributed by atoms with Gasteiger partial charge in [-0.1, -0.05) is 79.7 Å². The molecule has 3 rings (SSSR count). The second kappa shape index (κ2) is 5.27. The average Bonchev–Trinajstić information content (AvgIpc) is 2.49. The van der Waals surface area contributed by atoms with Crippen molar-refractivity contribution in [1.29, 1.82) is 0 Å². The van der Waals surface area contributed by atoms with E-state index in [1.165, 1.54) is 21.9 Å². The van der Waals surface area contributed by atoms with Gasteiger partial charge < -0.3 is 0 Å². The Morgan fingerprint density at radius 3 is 2.11 bits per heavy atom. The van der Waals surface area contributed by atoms with Crippen LogP contribution in [0.2, 0.25) is 0 Å². The minimum atomic E-state index is 0.491. The highest BCUT2D eigenvalue weighted by Crippen LogP contribution is 2.29. The van der Waals surface area contributed by atoms with E-state index in [2.05, 4.69) is 79.7 Å². The molecule has 0 heteroatoms. The van der Waals surface area contributed by atoms with Gasteiger partial charge in [0.05, 0.1) is 0 Å². The van der Waals surface area contributed by atoms with Gasteiger partial charge in [0.1, 0.15) is 0 Å². The Morgan fingerprint density at radius 1 is 0.684 bits per heavy atom. The third-order valence-corrected chi connectivity index (χ3v) is 3.79. The average molecular weight is 246 g/mol. The molecule has 0 fully saturated rings. The molecule has 3 aromatic carbocycles. The summed E-state index contributed by atoms with van der Waals surface area (Å²) < 4.78 is 0. The van der Waals surface area contributed by atoms with E-state index < -0.39 is 0 Å². The summed E-state index contributed by atoms with van der Waals surface area (Å²) in [4.78, 5) is 0. The molecular formula is C19H18. The molecule has 0 heterocycles. The summed E-state index contributed by atoms with van der Waals surface area (Å²) in [6.45, 7) is 2.26. The van der Waals surface area contributed by atoms with Gasteiger partial charge in [0.25, 0.3) is 0 Å². The van der Waals surface area contributed by atoms with Gasteiger partial charge in [0.2, 0.25) is 0 Å². The lowest BCUT2D eigenvalue weighted by Gasteiger charge is -2.16. The van der Waals surface area contributed by atoms with Gasteiger partial charge in [-0.15, -0.1) is 0 Å². The van der Waals surface area contributed by atoms with E-state index in [0.717, 1.165) is 6.42 Å². The summed E-state index contributed by atoms with van der Waals surface area (Å²) in [5, 5.41) is 2.64. The van der Waals surface area contributed by atoms with E-state index in [-0.39, 0.29) is 0 Å². The fourth-order valence-electron chi connectivity index (χ4n) is 2.77. The van der Waals surface area contributed by atoms with E-state index in [0.29, 0.717) is 5.92 Å². The van der Waals surface area contributed by atoms with Crippen LogP contribution in [0.15, 0.2) is 72.8 Å². The first-order valence-electron chi connectivity index (χ1n) is 6.92. The minimum Gasteiger partial charge on any atom is -0.0645 e. The SMILES string of the molecule is CCC(c1ccccc1)c1ccc2ccccc2c1. The zero-order chi connectivity index (χ0) is 13.1. The van der Waals surface area contributed by atoms with Crippen molar-refractivity contribution in [3.8, 4) is 0 Å². The van der Waals surface area contributed by atoms with Crippen molar-refractivity contribution in [1.82, 2.24) is 0 Å². The lowest BCUT2D eigenvalue weighted by atomic mass is 9.88. The van der Waals surface area contributed by atoms with Crippen LogP contribution < -0.4 is 0 Å². The second-order valence-corrected chi connectivity index (χ2v) is 4.98. The molecule has 0 aliphatic carbocycles. The molecule has 1 atom stereocenters. The van der Waals surface area contributed by atoms with Crippen LogP contribution in [0.5, 0.6) is 0 Å². The number of fused-ring (bicyclic) bond motifs is 1. The first kappa shape index (κ1) is 12.0. The highest BCUT2D eigenvalue weighted by molar-refractivity contribution is 5.83. The predicted octanol–water partition coefficient (Wildman–Crippen LogP) is 5.38. The molecule has 19 heavy (non-hydrogen) atoms. The first-order chi connectivity index (χ1) is 9.38. The zero-order valence-electron chi connectivity index (χ0n) is 11.2. The number of rotatable bonds is 3. The van der Waals surface area contributed by atoms with Crippen molar-refractivity contribution >= 4 is 10.8 Å². The molecule has 0 aromatic heterocycles. The van der Waals surface area contributed by atoms with Crippen LogP contribution in [-0.2, 0) is 0 Å². The van der Waals surface area contributed by atoms with E-state index in [9.17, 15) is 0 Å². The lowest BCUT2D eigenvalue weighted by Crippen LogP contribution is -1.99. The third kappa shape index (κ3) is 2.39. The van der Waals surface area contributed by atoms with Crippen LogP contribution in [0.1, 0.15) is 30.4 Å². The van der Waals surface area contributed by atoms with Gasteiger partial charge in [0, 0.05) is 5.92 Å². The maximum Gasteiger partial charge on any atom is 0.00869 e. The van der Waals surface area contributed by atoms with E-state index >= 15 is 0 Å². The van der Waals surface area contributed by atoms with Crippen molar-refractivity contribution in [3.05, 3.63) is 83.9 Å². The minimum absolute atomic E-state index is 0.491. The molecule has 0 radical (unpaired) electrons. The molecule has 94 valence electrons. The molecule has 0 aliphatic heterocycles. The molecule has 0 aliphatic rings. The molecule has 0 saturated heterocycles. The Hall–Kier alpha value is -2.08. The normalized spacial score (nSPS) is 12.5. The Kier molecular flexibility index (Phi) is 3.33. The van der Waals surface area contributed by atoms with Crippen molar-refractivity contribution < 1.29 is 0 Å². The van der Waals surface area contributed by atoms with Crippen molar-refractivity contribution in [2.45, 2.75) is 19.3 Å². The second-order valence-electron chi connectivity index (χ2n) is 4.98. The zero-order valence-corrected chi connectivity index (χ0v) is 11.2. The molecule has 0 spiro atoms. The highest BCUT2D eigenvalue weighted by atomic mass is 14.2. The number of hydrogen-bond acceptors (Lipinski definition) is 0. The summed E-state index contributed by atoms with van der Waals surface area (Å²) in [7, 11) is 0. The van der Waals surface area contributed by atoms with Gasteiger partial charge in [-0.25, -0.2) is 0 Å². The maximum absolute atomic E-state index is 2.33. The van der Waals surface area contributed by atoms with Gasteiger partial charge in [-0.2, -0.15) is 0 Å². The van der Waals surface area contributed by atoms with Gasteiger partial charge >= 0.3 is 0 Å². The number of benzene rings is 3. The van der Waals surface area contributed by atoms with Crippen LogP contribution in [0, 0.1) is 0 Å². The topological polar surface area (TPSA) is 0 Å². The summed E-state index contributed by atoms with van der Waals surface area (Å²) in [5.41, 5.74) is 2.81. The standard InChI is InChI=1S/C19H18/c1-2-19(16-9-4-3-5-10-16)18-13-12-15-8-6-7-11-17(15)14-18/h3-14,19H,2H2,1H3. The van der Waals surface area contributed by atoms with E-state index in [1.807, 2.05) is 0 Å². The fourth-order valence-corrected chi connectivity index (χ4v) is 2.77. The molecule has 3 aromatic rings. The maximum atomic E-state index is 2.33. The summed E-state index contributed by atoms with van der Waals surface area (Å²) in [5.74, 6) is 0.491. The smallest absolute Gasteiger partial charge is 0.00869 e. The molecule has 0 N–H and O–H groups in total. The lowest BCUT2D eigenvalue weighted by molar-refractivity contribution is 0.778. The Balaban J connectivity index is 2.06. The molecule has 0 bridgehead atoms. The summed E-state index contributed by atoms with van der Waals surface area (Å²) in [6, 6.07) is 26.2. The van der Waals surface area contributed by atoms with Crippen molar-refractivity contribution in [2.75, 3.05) is 0 Å². The Bertz CT molecular complexity index is 668. The predicted molar refractivity (Wildman–Crippen MR) is 82.5 cm³/mol. The quantitative estimate of drug-likeness (QED) is 0.582. The van der Waals surface area contributed by atoms with Gasteiger partial charge in [-0.05, 0) is 28.3 Å². The molecule has 0 amide bonds. The Labute approximate surface area is 114 Å². The highest BCUT2D eigenvalue weighted by Gasteiger charge is 2.11. The van der Waals surface area contributed by atoms with Crippen LogP contribution in [0.25, 0.3) is 10.8 Å². The fraction of sp³-hybridized carbons (Fsp3) is 0.158. The molecule has 0 saturated carbocycles. The molecular weight excluding hydrogens is 228 g/mol.